The first-order valence-electron chi connectivity index (χ1n) is 6.66. The Morgan fingerprint density at radius 1 is 1.30 bits per heavy atom. The van der Waals surface area contributed by atoms with Crippen molar-refractivity contribution in [3.8, 4) is 11.1 Å². The van der Waals surface area contributed by atoms with Gasteiger partial charge in [-0.3, -0.25) is 4.79 Å². The summed E-state index contributed by atoms with van der Waals surface area (Å²) in [6.45, 7) is 3.60. The summed E-state index contributed by atoms with van der Waals surface area (Å²) in [7, 11) is 0. The van der Waals surface area contributed by atoms with Crippen molar-refractivity contribution in [3.63, 3.8) is 0 Å². The molecular weight excluding hydrogens is 254 g/mol. The highest BCUT2D eigenvalue weighted by Gasteiger charge is 2.26. The number of amides is 1. The third kappa shape index (κ3) is 2.91. The van der Waals surface area contributed by atoms with Crippen LogP contribution in [0.15, 0.2) is 47.1 Å². The van der Waals surface area contributed by atoms with Gasteiger partial charge in [0.05, 0.1) is 18.4 Å². The van der Waals surface area contributed by atoms with Crippen LogP contribution in [0, 0.1) is 0 Å². The molecule has 1 atom stereocenters. The van der Waals surface area contributed by atoms with E-state index in [2.05, 4.69) is 5.32 Å². The molecule has 0 radical (unpaired) electrons. The fourth-order valence-corrected chi connectivity index (χ4v) is 1.90. The van der Waals surface area contributed by atoms with E-state index in [4.69, 9.17) is 4.42 Å². The third-order valence-electron chi connectivity index (χ3n) is 3.50. The van der Waals surface area contributed by atoms with Crippen LogP contribution in [0.4, 0.5) is 0 Å². The molecule has 0 aliphatic carbocycles. The number of carbonyl (C=O) groups excluding carboxylic acids is 1. The molecule has 2 N–H and O–H groups in total. The lowest BCUT2D eigenvalue weighted by Gasteiger charge is -2.26. The van der Waals surface area contributed by atoms with Crippen molar-refractivity contribution in [3.05, 3.63) is 48.4 Å². The smallest absolute Gasteiger partial charge is 0.288 e. The number of hydrogen-bond acceptors (Lipinski definition) is 3. The van der Waals surface area contributed by atoms with Gasteiger partial charge >= 0.3 is 0 Å². The Bertz CT molecular complexity index is 570. The minimum atomic E-state index is -0.641. The second kappa shape index (κ2) is 5.92. The highest BCUT2D eigenvalue weighted by atomic mass is 16.3. The van der Waals surface area contributed by atoms with Gasteiger partial charge in [0.15, 0.2) is 5.76 Å². The van der Waals surface area contributed by atoms with Gasteiger partial charge in [-0.05, 0) is 25.0 Å². The molecule has 4 nitrogen and oxygen atoms in total. The fraction of sp³-hybridized carbons (Fsp3) is 0.312. The summed E-state index contributed by atoms with van der Waals surface area (Å²) in [5.74, 6) is -0.0448. The highest BCUT2D eigenvalue weighted by Crippen LogP contribution is 2.25. The molecule has 1 aromatic carbocycles. The van der Waals surface area contributed by atoms with Crippen LogP contribution >= 0.6 is 0 Å². The van der Waals surface area contributed by atoms with Crippen LogP contribution in [0.5, 0.6) is 0 Å². The molecule has 1 aromatic heterocycles. The Balaban J connectivity index is 2.27. The molecule has 0 saturated carbocycles. The second-order valence-corrected chi connectivity index (χ2v) is 5.06. The number of benzene rings is 1. The molecule has 0 saturated heterocycles. The predicted octanol–water partition coefficient (Wildman–Crippen LogP) is 2.84. The number of nitrogens with one attached hydrogen (secondary N) is 1. The van der Waals surface area contributed by atoms with Crippen LogP contribution in [-0.2, 0) is 0 Å². The van der Waals surface area contributed by atoms with Crippen molar-refractivity contribution in [2.24, 2.45) is 0 Å². The maximum atomic E-state index is 12.3. The quantitative estimate of drug-likeness (QED) is 0.880. The van der Waals surface area contributed by atoms with Crippen molar-refractivity contribution in [2.75, 3.05) is 6.61 Å². The number of furan rings is 1. The molecule has 1 heterocycles. The molecule has 106 valence electrons. The molecular formula is C16H19NO3. The summed E-state index contributed by atoms with van der Waals surface area (Å²) in [4.78, 5) is 12.3. The Labute approximate surface area is 118 Å². The van der Waals surface area contributed by atoms with E-state index in [9.17, 15) is 9.90 Å². The van der Waals surface area contributed by atoms with Crippen LogP contribution in [0.2, 0.25) is 0 Å². The van der Waals surface area contributed by atoms with E-state index in [-0.39, 0.29) is 18.3 Å². The number of rotatable bonds is 5. The summed E-state index contributed by atoms with van der Waals surface area (Å²) in [5, 5.41) is 12.2. The molecule has 20 heavy (non-hydrogen) atoms. The molecule has 2 aromatic rings. The summed E-state index contributed by atoms with van der Waals surface area (Å²) in [6, 6.07) is 11.4. The van der Waals surface area contributed by atoms with E-state index in [1.165, 1.54) is 6.26 Å². The second-order valence-electron chi connectivity index (χ2n) is 5.06. The molecule has 0 aliphatic rings. The molecule has 1 amide bonds. The Morgan fingerprint density at radius 3 is 2.60 bits per heavy atom. The lowest BCUT2D eigenvalue weighted by Crippen LogP contribution is -2.48. The van der Waals surface area contributed by atoms with Crippen LogP contribution in [0.25, 0.3) is 11.1 Å². The van der Waals surface area contributed by atoms with Crippen molar-refractivity contribution in [1.82, 2.24) is 5.32 Å². The van der Waals surface area contributed by atoms with Gasteiger partial charge in [-0.25, -0.2) is 0 Å². The van der Waals surface area contributed by atoms with Gasteiger partial charge in [-0.2, -0.15) is 0 Å². The van der Waals surface area contributed by atoms with Crippen LogP contribution in [-0.4, -0.2) is 23.2 Å². The van der Waals surface area contributed by atoms with E-state index in [1.54, 1.807) is 13.0 Å². The Morgan fingerprint density at radius 2 is 2.00 bits per heavy atom. The summed E-state index contributed by atoms with van der Waals surface area (Å²) >= 11 is 0. The average molecular weight is 273 g/mol. The standard InChI is InChI=1S/C16H19NO3/c1-3-16(2,11-18)17-15(19)14-13(9-10-20-14)12-7-5-4-6-8-12/h4-10,18H,3,11H2,1-2H3,(H,17,19). The first-order valence-corrected chi connectivity index (χ1v) is 6.66. The monoisotopic (exact) mass is 273 g/mol. The zero-order chi connectivity index (χ0) is 14.6. The normalized spacial score (nSPS) is 13.8. The number of hydrogen-bond donors (Lipinski definition) is 2. The minimum Gasteiger partial charge on any atom is -0.459 e. The van der Waals surface area contributed by atoms with Gasteiger partial charge in [0, 0.05) is 5.56 Å². The lowest BCUT2D eigenvalue weighted by molar-refractivity contribution is 0.0820. The number of aliphatic hydroxyl groups is 1. The van der Waals surface area contributed by atoms with Gasteiger partial charge < -0.3 is 14.8 Å². The average Bonchev–Trinajstić information content (AvgIpc) is 2.97. The maximum Gasteiger partial charge on any atom is 0.288 e. The van der Waals surface area contributed by atoms with Crippen molar-refractivity contribution in [1.29, 1.82) is 0 Å². The topological polar surface area (TPSA) is 62.5 Å². The van der Waals surface area contributed by atoms with E-state index in [1.807, 2.05) is 37.3 Å². The summed E-state index contributed by atoms with van der Waals surface area (Å²) < 4.78 is 5.32. The highest BCUT2D eigenvalue weighted by molar-refractivity contribution is 5.98. The zero-order valence-electron chi connectivity index (χ0n) is 11.7. The molecule has 4 heteroatoms. The van der Waals surface area contributed by atoms with E-state index in [0.29, 0.717) is 6.42 Å². The van der Waals surface area contributed by atoms with Crippen molar-refractivity contribution in [2.45, 2.75) is 25.8 Å². The van der Waals surface area contributed by atoms with Crippen molar-refractivity contribution < 1.29 is 14.3 Å². The Hall–Kier alpha value is -2.07. The van der Waals surface area contributed by atoms with E-state index >= 15 is 0 Å². The van der Waals surface area contributed by atoms with E-state index in [0.717, 1.165) is 11.1 Å². The first kappa shape index (κ1) is 14.3. The molecule has 2 rings (SSSR count). The molecule has 0 aliphatic heterocycles. The molecule has 0 spiro atoms. The third-order valence-corrected chi connectivity index (χ3v) is 3.50. The molecule has 0 fully saturated rings. The maximum absolute atomic E-state index is 12.3. The van der Waals surface area contributed by atoms with Gasteiger partial charge in [0.2, 0.25) is 0 Å². The van der Waals surface area contributed by atoms with Crippen LogP contribution in [0.1, 0.15) is 30.8 Å². The first-order chi connectivity index (χ1) is 9.59. The molecule has 1 unspecified atom stereocenters. The Kier molecular flexibility index (Phi) is 4.25. The van der Waals surface area contributed by atoms with Crippen LogP contribution < -0.4 is 5.32 Å². The number of aliphatic hydroxyl groups excluding tert-OH is 1. The van der Waals surface area contributed by atoms with Crippen molar-refractivity contribution >= 4 is 5.91 Å². The fourth-order valence-electron chi connectivity index (χ4n) is 1.90. The predicted molar refractivity (Wildman–Crippen MR) is 77.4 cm³/mol. The molecule has 0 bridgehead atoms. The van der Waals surface area contributed by atoms with Gasteiger partial charge in [-0.15, -0.1) is 0 Å². The van der Waals surface area contributed by atoms with Gasteiger partial charge in [0.1, 0.15) is 0 Å². The van der Waals surface area contributed by atoms with Crippen LogP contribution in [0.3, 0.4) is 0 Å². The van der Waals surface area contributed by atoms with Gasteiger partial charge in [-0.1, -0.05) is 37.3 Å². The number of carbonyl (C=O) groups is 1. The minimum absolute atomic E-state index is 0.114. The zero-order valence-corrected chi connectivity index (χ0v) is 11.7. The summed E-state index contributed by atoms with van der Waals surface area (Å²) in [5.41, 5.74) is 1.03. The van der Waals surface area contributed by atoms with E-state index < -0.39 is 5.54 Å². The lowest BCUT2D eigenvalue weighted by atomic mass is 9.99. The SMILES string of the molecule is CCC(C)(CO)NC(=O)c1occc1-c1ccccc1. The van der Waals surface area contributed by atoms with Gasteiger partial charge in [0.25, 0.3) is 5.91 Å². The summed E-state index contributed by atoms with van der Waals surface area (Å²) in [6.07, 6.45) is 2.14. The largest absolute Gasteiger partial charge is 0.459 e.